The summed E-state index contributed by atoms with van der Waals surface area (Å²) < 4.78 is 15.3. The fourth-order valence-corrected chi connectivity index (χ4v) is 2.02. The van der Waals surface area contributed by atoms with Gasteiger partial charge in [0.1, 0.15) is 18.3 Å². The molecule has 1 aliphatic rings. The van der Waals surface area contributed by atoms with Crippen LogP contribution < -0.4 is 10.6 Å². The number of rotatable bonds is 6. The van der Waals surface area contributed by atoms with Crippen molar-refractivity contribution in [2.75, 3.05) is 18.4 Å². The minimum absolute atomic E-state index is 0.177. The highest BCUT2D eigenvalue weighted by Gasteiger charge is 2.20. The molecule has 3 rings (SSSR count). The van der Waals surface area contributed by atoms with E-state index in [4.69, 9.17) is 0 Å². The Labute approximate surface area is 121 Å². The Kier molecular flexibility index (Phi) is 3.92. The molecule has 1 aromatic heterocycles. The van der Waals surface area contributed by atoms with Crippen molar-refractivity contribution in [3.05, 3.63) is 36.7 Å². The minimum atomic E-state index is -0.468. The molecule has 7 heteroatoms. The van der Waals surface area contributed by atoms with Gasteiger partial charge in [-0.2, -0.15) is 5.10 Å². The van der Waals surface area contributed by atoms with Crippen LogP contribution in [0.25, 0.3) is 5.69 Å². The molecule has 21 heavy (non-hydrogen) atoms. The van der Waals surface area contributed by atoms with E-state index in [9.17, 15) is 9.18 Å². The monoisotopic (exact) mass is 289 g/mol. The number of carbonyl (C=O) groups excluding carboxylic acids is 1. The summed E-state index contributed by atoms with van der Waals surface area (Å²) in [5.74, 6) is 0.0741. The van der Waals surface area contributed by atoms with Gasteiger partial charge in [-0.05, 0) is 43.5 Å². The lowest BCUT2D eigenvalue weighted by Crippen LogP contribution is -2.29. The summed E-state index contributed by atoms with van der Waals surface area (Å²) >= 11 is 0. The Morgan fingerprint density at radius 3 is 2.95 bits per heavy atom. The maximum absolute atomic E-state index is 14.0. The number of nitrogens with one attached hydrogen (secondary N) is 2. The van der Waals surface area contributed by atoms with Gasteiger partial charge < -0.3 is 10.6 Å². The number of nitrogens with zero attached hydrogens (tertiary/aromatic N) is 3. The number of hydrogen-bond donors (Lipinski definition) is 2. The molecule has 1 fully saturated rings. The third-order valence-corrected chi connectivity index (χ3v) is 3.31. The van der Waals surface area contributed by atoms with Crippen LogP contribution in [0.1, 0.15) is 12.8 Å². The second-order valence-corrected chi connectivity index (χ2v) is 5.13. The van der Waals surface area contributed by atoms with E-state index in [0.717, 1.165) is 12.5 Å². The van der Waals surface area contributed by atoms with Crippen LogP contribution in [0.5, 0.6) is 0 Å². The molecule has 0 saturated heterocycles. The predicted molar refractivity (Wildman–Crippen MR) is 75.5 cm³/mol. The average Bonchev–Trinajstić information content (AvgIpc) is 3.11. The molecule has 1 amide bonds. The first-order valence-corrected chi connectivity index (χ1v) is 6.87. The minimum Gasteiger partial charge on any atom is -0.325 e. The molecular weight excluding hydrogens is 273 g/mol. The van der Waals surface area contributed by atoms with Crippen LogP contribution >= 0.6 is 0 Å². The van der Waals surface area contributed by atoms with Crippen LogP contribution in [0.3, 0.4) is 0 Å². The zero-order chi connectivity index (χ0) is 14.7. The molecule has 110 valence electrons. The molecule has 0 radical (unpaired) electrons. The first-order chi connectivity index (χ1) is 10.2. The van der Waals surface area contributed by atoms with Crippen LogP contribution in [0.15, 0.2) is 30.9 Å². The molecule has 2 aromatic rings. The molecule has 1 heterocycles. The van der Waals surface area contributed by atoms with Crippen molar-refractivity contribution in [1.29, 1.82) is 0 Å². The van der Waals surface area contributed by atoms with E-state index < -0.39 is 5.82 Å². The van der Waals surface area contributed by atoms with Crippen molar-refractivity contribution in [1.82, 2.24) is 20.1 Å². The average molecular weight is 289 g/mol. The second kappa shape index (κ2) is 6.01. The number of hydrogen-bond acceptors (Lipinski definition) is 4. The molecule has 1 aliphatic carbocycles. The van der Waals surface area contributed by atoms with Crippen molar-refractivity contribution in [3.8, 4) is 5.69 Å². The fourth-order valence-electron chi connectivity index (χ4n) is 2.02. The lowest BCUT2D eigenvalue weighted by molar-refractivity contribution is -0.115. The topological polar surface area (TPSA) is 71.8 Å². The zero-order valence-electron chi connectivity index (χ0n) is 11.4. The maximum atomic E-state index is 14.0. The van der Waals surface area contributed by atoms with Crippen molar-refractivity contribution in [2.45, 2.75) is 12.8 Å². The summed E-state index contributed by atoms with van der Waals surface area (Å²) in [5.41, 5.74) is 0.715. The summed E-state index contributed by atoms with van der Waals surface area (Å²) in [7, 11) is 0. The Balaban J connectivity index is 1.58. The summed E-state index contributed by atoms with van der Waals surface area (Å²) in [6.07, 6.45) is 5.23. The molecule has 0 spiro atoms. The number of benzene rings is 1. The molecule has 0 atom stereocenters. The van der Waals surface area contributed by atoms with E-state index in [1.165, 1.54) is 36.2 Å². The van der Waals surface area contributed by atoms with Crippen LogP contribution in [0, 0.1) is 11.7 Å². The van der Waals surface area contributed by atoms with E-state index in [0.29, 0.717) is 5.69 Å². The molecule has 6 nitrogen and oxygen atoms in total. The van der Waals surface area contributed by atoms with Crippen molar-refractivity contribution in [3.63, 3.8) is 0 Å². The highest BCUT2D eigenvalue weighted by Crippen LogP contribution is 2.27. The summed E-state index contributed by atoms with van der Waals surface area (Å²) in [6.45, 7) is 1.11. The molecule has 0 unspecified atom stereocenters. The first kappa shape index (κ1) is 13.7. The van der Waals surface area contributed by atoms with Gasteiger partial charge in [0.05, 0.1) is 6.54 Å². The quantitative estimate of drug-likeness (QED) is 0.842. The largest absolute Gasteiger partial charge is 0.325 e. The third-order valence-electron chi connectivity index (χ3n) is 3.31. The highest BCUT2D eigenvalue weighted by atomic mass is 19.1. The zero-order valence-corrected chi connectivity index (χ0v) is 11.4. The number of carbonyl (C=O) groups is 1. The van der Waals surface area contributed by atoms with E-state index in [2.05, 4.69) is 20.7 Å². The molecule has 1 saturated carbocycles. The normalized spacial score (nSPS) is 14.1. The fraction of sp³-hybridized carbons (Fsp3) is 0.357. The van der Waals surface area contributed by atoms with Crippen molar-refractivity contribution < 1.29 is 9.18 Å². The second-order valence-electron chi connectivity index (χ2n) is 5.13. The summed E-state index contributed by atoms with van der Waals surface area (Å²) in [5, 5.41) is 9.62. The van der Waals surface area contributed by atoms with Crippen molar-refractivity contribution >= 4 is 11.6 Å². The van der Waals surface area contributed by atoms with Gasteiger partial charge in [-0.15, -0.1) is 0 Å². The van der Waals surface area contributed by atoms with Gasteiger partial charge in [0, 0.05) is 5.69 Å². The molecular formula is C14H16FN5O. The van der Waals surface area contributed by atoms with Crippen LogP contribution in [0.4, 0.5) is 10.1 Å². The van der Waals surface area contributed by atoms with Gasteiger partial charge in [0.2, 0.25) is 5.91 Å². The molecule has 1 aromatic carbocycles. The summed E-state index contributed by atoms with van der Waals surface area (Å²) in [4.78, 5) is 15.5. The number of halogens is 1. The number of aromatic nitrogens is 3. The Bertz CT molecular complexity index is 624. The standard InChI is InChI=1S/C14H16FN5O/c15-12-5-11(3-4-13(12)20-9-17-8-18-20)19-14(21)7-16-6-10-1-2-10/h3-5,8-10,16H,1-2,6-7H2,(H,19,21). The van der Waals surface area contributed by atoms with E-state index in [-0.39, 0.29) is 18.1 Å². The SMILES string of the molecule is O=C(CNCC1CC1)Nc1ccc(-n2cncn2)c(F)c1. The van der Waals surface area contributed by atoms with Gasteiger partial charge in [-0.25, -0.2) is 14.1 Å². The smallest absolute Gasteiger partial charge is 0.238 e. The van der Waals surface area contributed by atoms with Gasteiger partial charge in [-0.1, -0.05) is 0 Å². The van der Waals surface area contributed by atoms with Gasteiger partial charge >= 0.3 is 0 Å². The summed E-state index contributed by atoms with van der Waals surface area (Å²) in [6, 6.07) is 4.46. The highest BCUT2D eigenvalue weighted by molar-refractivity contribution is 5.92. The van der Waals surface area contributed by atoms with Crippen LogP contribution in [0.2, 0.25) is 0 Å². The van der Waals surface area contributed by atoms with Gasteiger partial charge in [0.15, 0.2) is 5.82 Å². The lowest BCUT2D eigenvalue weighted by Gasteiger charge is -2.08. The van der Waals surface area contributed by atoms with Gasteiger partial charge in [0.25, 0.3) is 0 Å². The number of amides is 1. The maximum Gasteiger partial charge on any atom is 0.238 e. The van der Waals surface area contributed by atoms with Gasteiger partial charge in [-0.3, -0.25) is 4.79 Å². The molecule has 0 bridgehead atoms. The lowest BCUT2D eigenvalue weighted by atomic mass is 10.2. The molecule has 2 N–H and O–H groups in total. The van der Waals surface area contributed by atoms with E-state index in [1.807, 2.05) is 0 Å². The Morgan fingerprint density at radius 2 is 2.29 bits per heavy atom. The third kappa shape index (κ3) is 3.63. The van der Waals surface area contributed by atoms with Crippen LogP contribution in [-0.2, 0) is 4.79 Å². The molecule has 0 aliphatic heterocycles. The Hall–Kier alpha value is -2.28. The Morgan fingerprint density at radius 1 is 1.43 bits per heavy atom. The first-order valence-electron chi connectivity index (χ1n) is 6.87. The van der Waals surface area contributed by atoms with Crippen LogP contribution in [-0.4, -0.2) is 33.8 Å². The van der Waals surface area contributed by atoms with E-state index >= 15 is 0 Å². The van der Waals surface area contributed by atoms with E-state index in [1.54, 1.807) is 12.1 Å². The number of anilines is 1. The predicted octanol–water partition coefficient (Wildman–Crippen LogP) is 1.34. The van der Waals surface area contributed by atoms with Crippen molar-refractivity contribution in [2.24, 2.45) is 5.92 Å².